The van der Waals surface area contributed by atoms with E-state index in [1.165, 1.54) is 31.9 Å². The van der Waals surface area contributed by atoms with Gasteiger partial charge in [0.25, 0.3) is 0 Å². The molecule has 2 aromatic rings. The average molecular weight is 394 g/mol. The van der Waals surface area contributed by atoms with Crippen molar-refractivity contribution < 1.29 is 19.4 Å². The quantitative estimate of drug-likeness (QED) is 0.860. The summed E-state index contributed by atoms with van der Waals surface area (Å²) in [6.07, 6.45) is 0. The van der Waals surface area contributed by atoms with Gasteiger partial charge in [0.2, 0.25) is 5.91 Å². The van der Waals surface area contributed by atoms with Crippen LogP contribution in [-0.4, -0.2) is 39.7 Å². The Morgan fingerprint density at radius 1 is 1.25 bits per heavy atom. The molecule has 6 nitrogen and oxygen atoms in total. The molecule has 1 N–H and O–H groups in total. The summed E-state index contributed by atoms with van der Waals surface area (Å²) in [5.41, 5.74) is 2.50. The zero-order valence-corrected chi connectivity index (χ0v) is 16.2. The van der Waals surface area contributed by atoms with Gasteiger partial charge in [-0.1, -0.05) is 48.2 Å². The second kappa shape index (κ2) is 7.16. The fourth-order valence-electron chi connectivity index (χ4n) is 3.48. The van der Waals surface area contributed by atoms with E-state index in [2.05, 4.69) is 4.99 Å². The number of benzene rings is 2. The van der Waals surface area contributed by atoms with Crippen LogP contribution in [0.2, 0.25) is 0 Å². The molecule has 28 heavy (non-hydrogen) atoms. The van der Waals surface area contributed by atoms with E-state index in [0.717, 1.165) is 5.56 Å². The van der Waals surface area contributed by atoms with Crippen LogP contribution in [-0.2, 0) is 9.59 Å². The molecule has 4 rings (SSSR count). The van der Waals surface area contributed by atoms with Gasteiger partial charge in [-0.15, -0.1) is 0 Å². The third-order valence-electron chi connectivity index (χ3n) is 4.74. The maximum Gasteiger partial charge on any atom is 0.239 e. The smallest absolute Gasteiger partial charge is 0.239 e. The van der Waals surface area contributed by atoms with Gasteiger partial charge in [-0.3, -0.25) is 14.5 Å². The molecule has 2 aromatic carbocycles. The number of carbonyl (C=O) groups is 2. The molecule has 0 bridgehead atoms. The second-order valence-corrected chi connectivity index (χ2v) is 7.41. The number of aliphatic imine (C=N–C) groups is 1. The number of phenolic OH excluding ortho intramolecular Hbond substituents is 1. The molecule has 7 heteroatoms. The zero-order chi connectivity index (χ0) is 19.8. The Bertz CT molecular complexity index is 1030. The van der Waals surface area contributed by atoms with E-state index in [4.69, 9.17) is 4.74 Å². The molecule has 2 heterocycles. The maximum atomic E-state index is 12.7. The van der Waals surface area contributed by atoms with Crippen LogP contribution in [0, 0.1) is 0 Å². The fraction of sp³-hybridized carbons (Fsp3) is 0.190. The minimum atomic E-state index is -0.628. The van der Waals surface area contributed by atoms with Gasteiger partial charge in [-0.2, -0.15) is 0 Å². The lowest BCUT2D eigenvalue weighted by Crippen LogP contribution is -2.39. The van der Waals surface area contributed by atoms with Crippen molar-refractivity contribution in [2.24, 2.45) is 4.99 Å². The number of aromatic hydroxyl groups is 1. The monoisotopic (exact) mass is 394 g/mol. The van der Waals surface area contributed by atoms with Crippen molar-refractivity contribution in [3.05, 3.63) is 65.2 Å². The first-order valence-electron chi connectivity index (χ1n) is 8.72. The summed E-state index contributed by atoms with van der Waals surface area (Å²) in [5, 5.41) is 10.5. The van der Waals surface area contributed by atoms with Gasteiger partial charge in [0, 0.05) is 11.1 Å². The lowest BCUT2D eigenvalue weighted by Gasteiger charge is -2.34. The highest BCUT2D eigenvalue weighted by atomic mass is 32.2. The Morgan fingerprint density at radius 2 is 2.00 bits per heavy atom. The molecule has 0 radical (unpaired) electrons. The van der Waals surface area contributed by atoms with Crippen molar-refractivity contribution in [3.8, 4) is 11.5 Å². The van der Waals surface area contributed by atoms with E-state index in [-0.39, 0.29) is 28.9 Å². The van der Waals surface area contributed by atoms with Crippen LogP contribution in [0.25, 0.3) is 5.70 Å². The minimum absolute atomic E-state index is 0.00490. The van der Waals surface area contributed by atoms with Crippen LogP contribution in [0.15, 0.2) is 59.1 Å². The predicted octanol–water partition coefficient (Wildman–Crippen LogP) is 3.39. The first kappa shape index (κ1) is 18.3. The molecule has 1 amide bonds. The van der Waals surface area contributed by atoms with Crippen molar-refractivity contribution >= 4 is 34.3 Å². The molecule has 1 fully saturated rings. The normalized spacial score (nSPS) is 18.8. The highest BCUT2D eigenvalue weighted by Crippen LogP contribution is 2.45. The summed E-state index contributed by atoms with van der Waals surface area (Å²) in [4.78, 5) is 31.6. The number of methoxy groups -OCH3 is 1. The Balaban J connectivity index is 1.97. The summed E-state index contributed by atoms with van der Waals surface area (Å²) in [6.45, 7) is 1.48. The van der Waals surface area contributed by atoms with E-state index in [9.17, 15) is 14.7 Å². The number of rotatable bonds is 4. The van der Waals surface area contributed by atoms with Crippen LogP contribution in [0.5, 0.6) is 11.5 Å². The standard InChI is InChI=1S/C21H18N2O4S/c1-12(24)18-19(13-6-4-3-5-7-13)22-21-23(17(26)11-28-21)20(18)14-8-9-15(25)16(10-14)27-2/h3-10,20,25H,11H2,1-2H3/t20-/m1/s1. The van der Waals surface area contributed by atoms with Crippen LogP contribution in [0.1, 0.15) is 24.1 Å². The molecule has 1 saturated heterocycles. The lowest BCUT2D eigenvalue weighted by atomic mass is 9.89. The number of hydrogen-bond donors (Lipinski definition) is 1. The predicted molar refractivity (Wildman–Crippen MR) is 108 cm³/mol. The van der Waals surface area contributed by atoms with Crippen LogP contribution < -0.4 is 4.74 Å². The topological polar surface area (TPSA) is 79.2 Å². The SMILES string of the molecule is COc1cc([C@@H]2C(C(C)=O)=C(c3ccccc3)N=C3SCC(=O)N32)ccc1O. The first-order chi connectivity index (χ1) is 13.5. The number of amidine groups is 1. The summed E-state index contributed by atoms with van der Waals surface area (Å²) in [6, 6.07) is 13.7. The third kappa shape index (κ3) is 2.97. The van der Waals surface area contributed by atoms with E-state index in [0.29, 0.717) is 22.0 Å². The van der Waals surface area contributed by atoms with Crippen molar-refractivity contribution in [1.29, 1.82) is 0 Å². The van der Waals surface area contributed by atoms with Crippen LogP contribution in [0.3, 0.4) is 0 Å². The van der Waals surface area contributed by atoms with E-state index in [1.54, 1.807) is 17.0 Å². The lowest BCUT2D eigenvalue weighted by molar-refractivity contribution is -0.125. The number of Topliss-reactive ketones (excluding diaryl/α,β-unsaturated/α-hetero) is 1. The van der Waals surface area contributed by atoms with Gasteiger partial charge in [-0.05, 0) is 24.6 Å². The summed E-state index contributed by atoms with van der Waals surface area (Å²) >= 11 is 1.36. The van der Waals surface area contributed by atoms with Crippen molar-refractivity contribution in [2.75, 3.05) is 12.9 Å². The number of nitrogens with zero attached hydrogens (tertiary/aromatic N) is 2. The van der Waals surface area contributed by atoms with Crippen LogP contribution >= 0.6 is 11.8 Å². The van der Waals surface area contributed by atoms with Gasteiger partial charge < -0.3 is 9.84 Å². The Hall–Kier alpha value is -3.06. The summed E-state index contributed by atoms with van der Waals surface area (Å²) < 4.78 is 5.23. The van der Waals surface area contributed by atoms with Gasteiger partial charge in [0.15, 0.2) is 22.4 Å². The molecule has 142 valence electrons. The Labute approximate surface area is 166 Å². The average Bonchev–Trinajstić information content (AvgIpc) is 3.08. The highest BCUT2D eigenvalue weighted by Gasteiger charge is 2.43. The molecule has 1 atom stereocenters. The van der Waals surface area contributed by atoms with E-state index >= 15 is 0 Å². The number of amides is 1. The fourth-order valence-corrected chi connectivity index (χ4v) is 4.38. The van der Waals surface area contributed by atoms with Gasteiger partial charge in [-0.25, -0.2) is 4.99 Å². The molecule has 2 aliphatic heterocycles. The Kier molecular flexibility index (Phi) is 4.68. The third-order valence-corrected chi connectivity index (χ3v) is 5.68. The number of fused-ring (bicyclic) bond motifs is 1. The molecular formula is C21H18N2O4S. The number of ketones is 1. The van der Waals surface area contributed by atoms with Crippen LogP contribution in [0.4, 0.5) is 0 Å². The molecule has 0 aliphatic carbocycles. The molecule has 2 aliphatic rings. The summed E-state index contributed by atoms with van der Waals surface area (Å²) in [5.74, 6) is 0.285. The largest absolute Gasteiger partial charge is 0.504 e. The molecule has 0 unspecified atom stereocenters. The molecule has 0 aromatic heterocycles. The van der Waals surface area contributed by atoms with Gasteiger partial charge in [0.1, 0.15) is 0 Å². The van der Waals surface area contributed by atoms with Crippen molar-refractivity contribution in [3.63, 3.8) is 0 Å². The number of thioether (sulfide) groups is 1. The van der Waals surface area contributed by atoms with E-state index in [1.807, 2.05) is 30.3 Å². The van der Waals surface area contributed by atoms with Gasteiger partial charge in [0.05, 0.1) is 24.6 Å². The zero-order valence-electron chi connectivity index (χ0n) is 15.4. The maximum absolute atomic E-state index is 12.7. The van der Waals surface area contributed by atoms with Gasteiger partial charge >= 0.3 is 0 Å². The molecule has 0 spiro atoms. The Morgan fingerprint density at radius 3 is 2.68 bits per heavy atom. The van der Waals surface area contributed by atoms with Crippen molar-refractivity contribution in [2.45, 2.75) is 13.0 Å². The van der Waals surface area contributed by atoms with Crippen molar-refractivity contribution in [1.82, 2.24) is 4.90 Å². The number of ether oxygens (including phenoxy) is 1. The summed E-state index contributed by atoms with van der Waals surface area (Å²) in [7, 11) is 1.46. The second-order valence-electron chi connectivity index (χ2n) is 6.47. The number of carbonyl (C=O) groups excluding carboxylic acids is 2. The number of hydrogen-bond acceptors (Lipinski definition) is 6. The molecule has 0 saturated carbocycles. The van der Waals surface area contributed by atoms with E-state index < -0.39 is 6.04 Å². The highest BCUT2D eigenvalue weighted by molar-refractivity contribution is 8.15. The minimum Gasteiger partial charge on any atom is -0.504 e. The molecular weight excluding hydrogens is 376 g/mol. The first-order valence-corrected chi connectivity index (χ1v) is 9.70. The number of phenols is 1.